The van der Waals surface area contributed by atoms with E-state index in [2.05, 4.69) is 17.1 Å². The molecule has 16 heavy (non-hydrogen) atoms. The molecule has 0 aliphatic heterocycles. The Balaban J connectivity index is 2.15. The van der Waals surface area contributed by atoms with Crippen molar-refractivity contribution in [3.8, 4) is 0 Å². The summed E-state index contributed by atoms with van der Waals surface area (Å²) in [6.45, 7) is 2.03. The predicted molar refractivity (Wildman–Crippen MR) is 65.0 cm³/mol. The van der Waals surface area contributed by atoms with Crippen molar-refractivity contribution in [3.63, 3.8) is 0 Å². The summed E-state index contributed by atoms with van der Waals surface area (Å²) in [6, 6.07) is 10.2. The Morgan fingerprint density at radius 1 is 1.31 bits per heavy atom. The number of nitrogens with two attached hydrogens (primary N) is 1. The Labute approximate surface area is 95.9 Å². The predicted octanol–water partition coefficient (Wildman–Crippen LogP) is 1.97. The highest BCUT2D eigenvalue weighted by molar-refractivity contribution is 5.18. The third-order valence-corrected chi connectivity index (χ3v) is 2.89. The summed E-state index contributed by atoms with van der Waals surface area (Å²) < 4.78 is 2.05. The van der Waals surface area contributed by atoms with E-state index < -0.39 is 0 Å². The van der Waals surface area contributed by atoms with Gasteiger partial charge in [-0.15, -0.1) is 0 Å². The van der Waals surface area contributed by atoms with Crippen LogP contribution in [0.3, 0.4) is 0 Å². The molecule has 0 saturated heterocycles. The van der Waals surface area contributed by atoms with Crippen LogP contribution in [0.1, 0.15) is 23.1 Å². The first-order chi connectivity index (χ1) is 7.68. The van der Waals surface area contributed by atoms with Gasteiger partial charge in [-0.3, -0.25) is 0 Å². The molecule has 0 aliphatic carbocycles. The first kappa shape index (κ1) is 10.9. The van der Waals surface area contributed by atoms with Gasteiger partial charge in [0, 0.05) is 18.9 Å². The molecule has 84 valence electrons. The maximum Gasteiger partial charge on any atom is 0.125 e. The molecule has 0 spiro atoms. The minimum Gasteiger partial charge on any atom is -0.334 e. The van der Waals surface area contributed by atoms with E-state index in [-0.39, 0.29) is 6.04 Å². The van der Waals surface area contributed by atoms with E-state index in [9.17, 15) is 0 Å². The van der Waals surface area contributed by atoms with Crippen LogP contribution in [0, 0.1) is 6.92 Å². The highest BCUT2D eigenvalue weighted by Crippen LogP contribution is 2.15. The molecule has 2 rings (SSSR count). The van der Waals surface area contributed by atoms with Crippen molar-refractivity contribution in [2.75, 3.05) is 0 Å². The second-order valence-electron chi connectivity index (χ2n) is 4.11. The molecule has 1 aromatic heterocycles. The van der Waals surface area contributed by atoms with Crippen LogP contribution in [0.5, 0.6) is 0 Å². The molecule has 2 aromatic rings. The molecule has 1 heterocycles. The van der Waals surface area contributed by atoms with Gasteiger partial charge in [-0.1, -0.05) is 30.3 Å². The third-order valence-electron chi connectivity index (χ3n) is 2.89. The van der Waals surface area contributed by atoms with Crippen LogP contribution in [0.2, 0.25) is 0 Å². The van der Waals surface area contributed by atoms with Gasteiger partial charge in [-0.25, -0.2) is 4.98 Å². The van der Waals surface area contributed by atoms with Crippen molar-refractivity contribution in [1.29, 1.82) is 0 Å². The topological polar surface area (TPSA) is 43.8 Å². The standard InChI is InChI=1S/C13H17N3/c1-10-9-15-13(16(10)2)12(14)8-11-6-4-3-5-7-11/h3-7,9,12H,8,14H2,1-2H3. The number of hydrogen-bond acceptors (Lipinski definition) is 2. The minimum absolute atomic E-state index is 0.0406. The summed E-state index contributed by atoms with van der Waals surface area (Å²) in [5.74, 6) is 0.946. The number of imidazole rings is 1. The van der Waals surface area contributed by atoms with E-state index >= 15 is 0 Å². The summed E-state index contributed by atoms with van der Waals surface area (Å²) in [7, 11) is 2.00. The number of benzene rings is 1. The summed E-state index contributed by atoms with van der Waals surface area (Å²) in [5.41, 5.74) is 8.54. The van der Waals surface area contributed by atoms with Crippen LogP contribution >= 0.6 is 0 Å². The largest absolute Gasteiger partial charge is 0.334 e. The van der Waals surface area contributed by atoms with Crippen LogP contribution in [-0.2, 0) is 13.5 Å². The van der Waals surface area contributed by atoms with E-state index in [1.165, 1.54) is 5.56 Å². The first-order valence-electron chi connectivity index (χ1n) is 5.46. The fourth-order valence-corrected chi connectivity index (χ4v) is 1.82. The van der Waals surface area contributed by atoms with Crippen LogP contribution in [0.25, 0.3) is 0 Å². The van der Waals surface area contributed by atoms with Gasteiger partial charge in [-0.2, -0.15) is 0 Å². The number of aromatic nitrogens is 2. The Morgan fingerprint density at radius 2 is 2.00 bits per heavy atom. The summed E-state index contributed by atoms with van der Waals surface area (Å²) in [6.07, 6.45) is 2.69. The summed E-state index contributed by atoms with van der Waals surface area (Å²) in [4.78, 5) is 4.35. The lowest BCUT2D eigenvalue weighted by Crippen LogP contribution is -2.18. The second-order valence-corrected chi connectivity index (χ2v) is 4.11. The zero-order valence-electron chi connectivity index (χ0n) is 9.72. The molecule has 0 fully saturated rings. The second kappa shape index (κ2) is 4.49. The molecule has 0 bridgehead atoms. The van der Waals surface area contributed by atoms with Crippen molar-refractivity contribution < 1.29 is 0 Å². The van der Waals surface area contributed by atoms with Crippen molar-refractivity contribution in [2.24, 2.45) is 12.8 Å². The van der Waals surface area contributed by atoms with Crippen molar-refractivity contribution in [1.82, 2.24) is 9.55 Å². The number of aryl methyl sites for hydroxylation is 1. The Bertz CT molecular complexity index is 459. The van der Waals surface area contributed by atoms with Gasteiger partial charge in [0.25, 0.3) is 0 Å². The van der Waals surface area contributed by atoms with Gasteiger partial charge < -0.3 is 10.3 Å². The molecule has 0 amide bonds. The number of hydrogen-bond donors (Lipinski definition) is 1. The zero-order chi connectivity index (χ0) is 11.5. The van der Waals surface area contributed by atoms with Crippen LogP contribution in [0.4, 0.5) is 0 Å². The zero-order valence-corrected chi connectivity index (χ0v) is 9.72. The lowest BCUT2D eigenvalue weighted by atomic mass is 10.1. The van der Waals surface area contributed by atoms with E-state index in [0.717, 1.165) is 17.9 Å². The lowest BCUT2D eigenvalue weighted by molar-refractivity contribution is 0.627. The molecule has 0 aliphatic rings. The lowest BCUT2D eigenvalue weighted by Gasteiger charge is -2.12. The average Bonchev–Trinajstić information content (AvgIpc) is 2.61. The average molecular weight is 215 g/mol. The third kappa shape index (κ3) is 2.14. The SMILES string of the molecule is Cc1cnc(C(N)Cc2ccccc2)n1C. The molecule has 1 aromatic carbocycles. The monoisotopic (exact) mass is 215 g/mol. The maximum absolute atomic E-state index is 6.16. The van der Waals surface area contributed by atoms with Gasteiger partial charge in [-0.05, 0) is 18.9 Å². The molecule has 2 N–H and O–H groups in total. The Morgan fingerprint density at radius 3 is 2.56 bits per heavy atom. The number of nitrogens with zero attached hydrogens (tertiary/aromatic N) is 2. The van der Waals surface area contributed by atoms with Crippen molar-refractivity contribution in [2.45, 2.75) is 19.4 Å². The molecular weight excluding hydrogens is 198 g/mol. The van der Waals surface area contributed by atoms with Crippen LogP contribution in [-0.4, -0.2) is 9.55 Å². The highest BCUT2D eigenvalue weighted by atomic mass is 15.1. The van der Waals surface area contributed by atoms with Crippen LogP contribution in [0.15, 0.2) is 36.5 Å². The number of rotatable bonds is 3. The molecule has 0 saturated carbocycles. The van der Waals surface area contributed by atoms with Gasteiger partial charge in [0.2, 0.25) is 0 Å². The van der Waals surface area contributed by atoms with Gasteiger partial charge in [0.05, 0.1) is 6.04 Å². The quantitative estimate of drug-likeness (QED) is 0.850. The van der Waals surface area contributed by atoms with Gasteiger partial charge in [0.1, 0.15) is 5.82 Å². The first-order valence-corrected chi connectivity index (χ1v) is 5.46. The summed E-state index contributed by atoms with van der Waals surface area (Å²) >= 11 is 0. The van der Waals surface area contributed by atoms with Crippen LogP contribution < -0.4 is 5.73 Å². The molecular formula is C13H17N3. The molecule has 3 heteroatoms. The van der Waals surface area contributed by atoms with E-state index in [1.54, 1.807) is 0 Å². The normalized spacial score (nSPS) is 12.7. The molecule has 3 nitrogen and oxygen atoms in total. The van der Waals surface area contributed by atoms with Gasteiger partial charge >= 0.3 is 0 Å². The fourth-order valence-electron chi connectivity index (χ4n) is 1.82. The Hall–Kier alpha value is -1.61. The van der Waals surface area contributed by atoms with E-state index in [4.69, 9.17) is 5.73 Å². The summed E-state index contributed by atoms with van der Waals surface area (Å²) in [5, 5.41) is 0. The van der Waals surface area contributed by atoms with E-state index in [1.807, 2.05) is 42.9 Å². The van der Waals surface area contributed by atoms with Gasteiger partial charge in [0.15, 0.2) is 0 Å². The fraction of sp³-hybridized carbons (Fsp3) is 0.308. The highest BCUT2D eigenvalue weighted by Gasteiger charge is 2.12. The van der Waals surface area contributed by atoms with E-state index in [0.29, 0.717) is 0 Å². The van der Waals surface area contributed by atoms with Crippen molar-refractivity contribution in [3.05, 3.63) is 53.6 Å². The Kier molecular flexibility index (Phi) is 3.06. The molecule has 1 unspecified atom stereocenters. The molecule has 0 radical (unpaired) electrons. The van der Waals surface area contributed by atoms with Crippen molar-refractivity contribution >= 4 is 0 Å². The molecule has 1 atom stereocenters. The maximum atomic E-state index is 6.16. The minimum atomic E-state index is -0.0406. The smallest absolute Gasteiger partial charge is 0.125 e.